The summed E-state index contributed by atoms with van der Waals surface area (Å²) >= 11 is 0. The summed E-state index contributed by atoms with van der Waals surface area (Å²) in [6.45, 7) is 3.72. The van der Waals surface area contributed by atoms with Gasteiger partial charge in [0.15, 0.2) is 0 Å². The summed E-state index contributed by atoms with van der Waals surface area (Å²) in [5.41, 5.74) is 1.07. The fourth-order valence-electron chi connectivity index (χ4n) is 0.478. The number of hydrogen-bond donors (Lipinski definition) is 0. The van der Waals surface area contributed by atoms with Crippen molar-refractivity contribution in [2.75, 3.05) is 0 Å². The fraction of sp³-hybridized carbons (Fsp3) is 0. The first-order chi connectivity index (χ1) is 3.39. The molecule has 0 atom stereocenters. The molecule has 0 amide bonds. The van der Waals surface area contributed by atoms with E-state index >= 15 is 0 Å². The van der Waals surface area contributed by atoms with E-state index in [1.165, 1.54) is 0 Å². The van der Waals surface area contributed by atoms with Crippen LogP contribution in [0.1, 0.15) is 5.56 Å². The largest absolute Gasteiger partial charge is 0.412 e. The Labute approximate surface area is 69.7 Å². The van der Waals surface area contributed by atoms with Gasteiger partial charge in [0.25, 0.3) is 0 Å². The van der Waals surface area contributed by atoms with E-state index < -0.39 is 0 Å². The van der Waals surface area contributed by atoms with Gasteiger partial charge in [-0.3, -0.25) is 0 Å². The Morgan fingerprint density at radius 3 is 1.67 bits per heavy atom. The van der Waals surface area contributed by atoms with Crippen LogP contribution in [-0.4, -0.2) is 5.48 Å². The maximum atomic E-state index is 3.72. The molecule has 0 aliphatic rings. The van der Waals surface area contributed by atoms with E-state index in [1.54, 1.807) is 0 Å². The van der Waals surface area contributed by atoms with Crippen LogP contribution in [0.25, 0.3) is 0 Å². The smallest absolute Gasteiger partial charge is 0 e. The summed E-state index contributed by atoms with van der Waals surface area (Å²) in [4.78, 5) is 0. The monoisotopic (exact) mass is 207 g/mol. The van der Waals surface area contributed by atoms with Crippen molar-refractivity contribution in [2.45, 2.75) is 0 Å². The van der Waals surface area contributed by atoms with Crippen molar-refractivity contribution in [3.05, 3.63) is 42.8 Å². The standard InChI is InChI=1S/C7H7.Mo.H2O/c1-7-5-3-2-4-6-7;;/h2-6H,1H2;;1H2/q-1;;. The molecule has 1 aromatic rings. The van der Waals surface area contributed by atoms with Crippen LogP contribution in [0.3, 0.4) is 0 Å². The predicted molar refractivity (Wildman–Crippen MR) is 34.5 cm³/mol. The molecule has 0 unspecified atom stereocenters. The normalized spacial score (nSPS) is 6.67. The van der Waals surface area contributed by atoms with Crippen molar-refractivity contribution in [1.82, 2.24) is 0 Å². The van der Waals surface area contributed by atoms with Crippen LogP contribution in [-0.2, 0) is 21.1 Å². The molecule has 9 heavy (non-hydrogen) atoms. The van der Waals surface area contributed by atoms with Crippen molar-refractivity contribution in [3.63, 3.8) is 0 Å². The molecule has 1 nitrogen and oxygen atoms in total. The van der Waals surface area contributed by atoms with Gasteiger partial charge in [0, 0.05) is 21.1 Å². The SMILES string of the molecule is O.[CH2-]c1ccccc1.[Mo]. The van der Waals surface area contributed by atoms with Gasteiger partial charge in [-0.15, -0.1) is 12.1 Å². The van der Waals surface area contributed by atoms with Crippen molar-refractivity contribution >= 4 is 0 Å². The molecule has 0 bridgehead atoms. The summed E-state index contributed by atoms with van der Waals surface area (Å²) in [5.74, 6) is 0. The third-order valence-electron chi connectivity index (χ3n) is 0.843. The molecule has 0 spiro atoms. The number of rotatable bonds is 0. The van der Waals surface area contributed by atoms with Gasteiger partial charge >= 0.3 is 0 Å². The Hall–Kier alpha value is -0.262. The first kappa shape index (κ1) is 11.5. The average molecular weight is 205 g/mol. The van der Waals surface area contributed by atoms with Crippen LogP contribution < -0.4 is 0 Å². The van der Waals surface area contributed by atoms with E-state index in [-0.39, 0.29) is 26.5 Å². The molecule has 0 saturated heterocycles. The quantitative estimate of drug-likeness (QED) is 0.447. The Morgan fingerprint density at radius 2 is 1.44 bits per heavy atom. The molecular formula is C7H9MoO-. The molecule has 1 rings (SSSR count). The van der Waals surface area contributed by atoms with Gasteiger partial charge in [-0.25, -0.2) is 0 Å². The number of hydrogen-bond acceptors (Lipinski definition) is 0. The van der Waals surface area contributed by atoms with E-state index in [0.717, 1.165) is 5.56 Å². The van der Waals surface area contributed by atoms with Gasteiger partial charge in [0.2, 0.25) is 0 Å². The minimum atomic E-state index is 0. The average Bonchev–Trinajstić information content (AvgIpc) is 1.69. The minimum Gasteiger partial charge on any atom is -0.412 e. The molecule has 1 aromatic carbocycles. The third kappa shape index (κ3) is 4.26. The Balaban J connectivity index is 0. The molecule has 0 heterocycles. The van der Waals surface area contributed by atoms with Crippen LogP contribution in [0.15, 0.2) is 30.3 Å². The van der Waals surface area contributed by atoms with E-state index in [1.807, 2.05) is 30.3 Å². The molecule has 2 heteroatoms. The first-order valence-electron chi connectivity index (χ1n) is 2.26. The second kappa shape index (κ2) is 5.87. The van der Waals surface area contributed by atoms with Crippen LogP contribution in [0.5, 0.6) is 0 Å². The second-order valence-corrected chi connectivity index (χ2v) is 1.49. The summed E-state index contributed by atoms with van der Waals surface area (Å²) < 4.78 is 0. The molecule has 0 aliphatic heterocycles. The Bertz CT molecular complexity index is 139. The van der Waals surface area contributed by atoms with Gasteiger partial charge < -0.3 is 5.48 Å². The maximum Gasteiger partial charge on any atom is 0 e. The predicted octanol–water partition coefficient (Wildman–Crippen LogP) is 1.04. The molecule has 2 N–H and O–H groups in total. The summed E-state index contributed by atoms with van der Waals surface area (Å²) in [6.07, 6.45) is 0. The zero-order valence-corrected chi connectivity index (χ0v) is 7.01. The minimum absolute atomic E-state index is 0. The van der Waals surface area contributed by atoms with Crippen molar-refractivity contribution in [1.29, 1.82) is 0 Å². The van der Waals surface area contributed by atoms with Crippen LogP contribution >= 0.6 is 0 Å². The Morgan fingerprint density at radius 1 is 1.00 bits per heavy atom. The summed E-state index contributed by atoms with van der Waals surface area (Å²) in [5, 5.41) is 0. The molecule has 0 radical (unpaired) electrons. The molecule has 0 aliphatic carbocycles. The molecular weight excluding hydrogens is 196 g/mol. The van der Waals surface area contributed by atoms with Crippen LogP contribution in [0.2, 0.25) is 0 Å². The molecule has 50 valence electrons. The zero-order valence-electron chi connectivity index (χ0n) is 5.00. The van der Waals surface area contributed by atoms with Crippen LogP contribution in [0.4, 0.5) is 0 Å². The topological polar surface area (TPSA) is 31.5 Å². The summed E-state index contributed by atoms with van der Waals surface area (Å²) in [7, 11) is 0. The van der Waals surface area contributed by atoms with E-state index in [0.29, 0.717) is 0 Å². The van der Waals surface area contributed by atoms with Crippen molar-refractivity contribution in [2.24, 2.45) is 0 Å². The van der Waals surface area contributed by atoms with Gasteiger partial charge in [0.05, 0.1) is 0 Å². The van der Waals surface area contributed by atoms with E-state index in [4.69, 9.17) is 0 Å². The first-order valence-corrected chi connectivity index (χ1v) is 2.26. The Kier molecular flexibility index (Phi) is 7.51. The zero-order chi connectivity index (χ0) is 5.11. The van der Waals surface area contributed by atoms with E-state index in [9.17, 15) is 0 Å². The van der Waals surface area contributed by atoms with Gasteiger partial charge in [-0.1, -0.05) is 6.07 Å². The molecule has 0 fully saturated rings. The molecule has 0 aromatic heterocycles. The fourth-order valence-corrected chi connectivity index (χ4v) is 0.478. The molecule has 0 saturated carbocycles. The van der Waals surface area contributed by atoms with Crippen molar-refractivity contribution in [3.8, 4) is 0 Å². The van der Waals surface area contributed by atoms with Crippen LogP contribution in [0, 0.1) is 6.92 Å². The van der Waals surface area contributed by atoms with Crippen molar-refractivity contribution < 1.29 is 26.5 Å². The summed E-state index contributed by atoms with van der Waals surface area (Å²) in [6, 6.07) is 9.87. The third-order valence-corrected chi connectivity index (χ3v) is 0.843. The van der Waals surface area contributed by atoms with Gasteiger partial charge in [-0.05, 0) is 0 Å². The maximum absolute atomic E-state index is 3.72. The van der Waals surface area contributed by atoms with E-state index in [2.05, 4.69) is 6.92 Å². The van der Waals surface area contributed by atoms with Gasteiger partial charge in [0.1, 0.15) is 0 Å². The second-order valence-electron chi connectivity index (χ2n) is 1.49. The van der Waals surface area contributed by atoms with Gasteiger partial charge in [-0.2, -0.15) is 24.6 Å². The number of benzene rings is 1.